The van der Waals surface area contributed by atoms with E-state index >= 15 is 0 Å². The number of hydrogen-bond acceptors (Lipinski definition) is 3. The van der Waals surface area contributed by atoms with E-state index in [4.69, 9.17) is 5.73 Å². The van der Waals surface area contributed by atoms with Crippen molar-refractivity contribution < 1.29 is 0 Å². The lowest BCUT2D eigenvalue weighted by molar-refractivity contribution is 0.438. The maximum Gasteiger partial charge on any atom is 0.141 e. The molecule has 2 heterocycles. The number of fused-ring (bicyclic) bond motifs is 1. The molecule has 3 N–H and O–H groups in total. The van der Waals surface area contributed by atoms with Gasteiger partial charge in [0.2, 0.25) is 0 Å². The molecule has 17 heavy (non-hydrogen) atoms. The van der Waals surface area contributed by atoms with Gasteiger partial charge in [0.1, 0.15) is 12.0 Å². The molecule has 2 aromatic rings. The summed E-state index contributed by atoms with van der Waals surface area (Å²) in [5, 5.41) is 1.17. The molecule has 1 fully saturated rings. The fourth-order valence-electron chi connectivity index (χ4n) is 2.90. The van der Waals surface area contributed by atoms with Crippen molar-refractivity contribution in [3.05, 3.63) is 23.8 Å². The smallest absolute Gasteiger partial charge is 0.141 e. The van der Waals surface area contributed by atoms with Crippen LogP contribution in [0.5, 0.6) is 0 Å². The molecular formula is C13H18N4. The quantitative estimate of drug-likeness (QED) is 0.832. The van der Waals surface area contributed by atoms with Crippen LogP contribution < -0.4 is 5.73 Å². The van der Waals surface area contributed by atoms with Gasteiger partial charge in [-0.2, -0.15) is 0 Å². The number of nitrogens with zero attached hydrogens (tertiary/aromatic N) is 2. The largest absolute Gasteiger partial charge is 0.346 e. The molecule has 0 bridgehead atoms. The Bertz CT molecular complexity index is 511. The first-order valence-corrected chi connectivity index (χ1v) is 6.41. The first-order chi connectivity index (χ1) is 8.40. The topological polar surface area (TPSA) is 67.6 Å². The summed E-state index contributed by atoms with van der Waals surface area (Å²) in [7, 11) is 0. The third-order valence-electron chi connectivity index (χ3n) is 3.79. The molecule has 4 heteroatoms. The second kappa shape index (κ2) is 4.45. The number of nitrogens with two attached hydrogens (primary N) is 1. The van der Waals surface area contributed by atoms with E-state index in [2.05, 4.69) is 15.0 Å². The predicted molar refractivity (Wildman–Crippen MR) is 67.6 cm³/mol. The van der Waals surface area contributed by atoms with E-state index in [0.717, 1.165) is 11.2 Å². The van der Waals surface area contributed by atoms with Crippen molar-refractivity contribution in [2.45, 2.75) is 44.6 Å². The standard InChI is InChI=1S/C13H18N4/c14-6-10-7-15-13-11(10)12(16-8-17-13)9-4-2-1-3-5-9/h7-9H,1-6,14H2,(H,15,16,17). The van der Waals surface area contributed by atoms with Crippen molar-refractivity contribution in [2.75, 3.05) is 0 Å². The number of hydrogen-bond donors (Lipinski definition) is 2. The zero-order valence-corrected chi connectivity index (χ0v) is 9.95. The van der Waals surface area contributed by atoms with Crippen molar-refractivity contribution in [2.24, 2.45) is 5.73 Å². The van der Waals surface area contributed by atoms with Crippen LogP contribution in [0.4, 0.5) is 0 Å². The Morgan fingerprint density at radius 3 is 2.82 bits per heavy atom. The Hall–Kier alpha value is -1.42. The van der Waals surface area contributed by atoms with E-state index < -0.39 is 0 Å². The second-order valence-electron chi connectivity index (χ2n) is 4.84. The SMILES string of the molecule is NCc1c[nH]c2ncnc(C3CCCCC3)c12. The molecule has 1 saturated carbocycles. The summed E-state index contributed by atoms with van der Waals surface area (Å²) in [4.78, 5) is 12.0. The first-order valence-electron chi connectivity index (χ1n) is 6.41. The molecule has 0 saturated heterocycles. The molecular weight excluding hydrogens is 212 g/mol. The van der Waals surface area contributed by atoms with Gasteiger partial charge in [0.25, 0.3) is 0 Å². The Morgan fingerprint density at radius 2 is 2.06 bits per heavy atom. The number of rotatable bonds is 2. The minimum atomic E-state index is 0.549. The van der Waals surface area contributed by atoms with Crippen molar-refractivity contribution >= 4 is 11.0 Å². The molecule has 0 unspecified atom stereocenters. The zero-order valence-electron chi connectivity index (χ0n) is 9.95. The van der Waals surface area contributed by atoms with Gasteiger partial charge in [-0.05, 0) is 18.4 Å². The maximum atomic E-state index is 5.78. The van der Waals surface area contributed by atoms with Gasteiger partial charge in [-0.15, -0.1) is 0 Å². The summed E-state index contributed by atoms with van der Waals surface area (Å²) in [6.07, 6.45) is 10.1. The van der Waals surface area contributed by atoms with Crippen molar-refractivity contribution in [3.8, 4) is 0 Å². The Kier molecular flexibility index (Phi) is 2.81. The summed E-state index contributed by atoms with van der Waals surface area (Å²) in [5.41, 5.74) is 9.06. The van der Waals surface area contributed by atoms with Gasteiger partial charge in [-0.1, -0.05) is 19.3 Å². The minimum Gasteiger partial charge on any atom is -0.346 e. The van der Waals surface area contributed by atoms with Crippen molar-refractivity contribution in [1.82, 2.24) is 15.0 Å². The molecule has 0 spiro atoms. The number of nitrogens with one attached hydrogen (secondary N) is 1. The highest BCUT2D eigenvalue weighted by atomic mass is 14.9. The van der Waals surface area contributed by atoms with E-state index in [0.29, 0.717) is 12.5 Å². The second-order valence-corrected chi connectivity index (χ2v) is 4.84. The molecule has 1 aliphatic carbocycles. The molecule has 3 rings (SSSR count). The number of aromatic nitrogens is 3. The third kappa shape index (κ3) is 1.82. The van der Waals surface area contributed by atoms with Gasteiger partial charge in [0, 0.05) is 24.0 Å². The van der Waals surface area contributed by atoms with Crippen LogP contribution in [-0.2, 0) is 6.54 Å². The zero-order chi connectivity index (χ0) is 11.7. The highest BCUT2D eigenvalue weighted by molar-refractivity contribution is 5.82. The Balaban J connectivity index is 2.10. The van der Waals surface area contributed by atoms with Crippen LogP contribution in [0.25, 0.3) is 11.0 Å². The molecule has 1 aliphatic rings. The van der Waals surface area contributed by atoms with E-state index in [9.17, 15) is 0 Å². The summed E-state index contributed by atoms with van der Waals surface area (Å²) in [6, 6.07) is 0. The van der Waals surface area contributed by atoms with E-state index in [1.54, 1.807) is 6.33 Å². The van der Waals surface area contributed by atoms with E-state index in [1.165, 1.54) is 43.2 Å². The molecule has 0 aliphatic heterocycles. The lowest BCUT2D eigenvalue weighted by Crippen LogP contribution is -2.08. The highest BCUT2D eigenvalue weighted by Crippen LogP contribution is 2.35. The fraction of sp³-hybridized carbons (Fsp3) is 0.538. The van der Waals surface area contributed by atoms with Crippen LogP contribution in [0, 0.1) is 0 Å². The molecule has 2 aromatic heterocycles. The van der Waals surface area contributed by atoms with Crippen LogP contribution in [-0.4, -0.2) is 15.0 Å². The van der Waals surface area contributed by atoms with Gasteiger partial charge in [-0.25, -0.2) is 9.97 Å². The molecule has 0 atom stereocenters. The molecule has 0 amide bonds. The maximum absolute atomic E-state index is 5.78. The predicted octanol–water partition coefficient (Wildman–Crippen LogP) is 2.46. The molecule has 4 nitrogen and oxygen atoms in total. The molecule has 0 radical (unpaired) electrons. The van der Waals surface area contributed by atoms with Gasteiger partial charge in [-0.3, -0.25) is 0 Å². The van der Waals surface area contributed by atoms with Crippen molar-refractivity contribution in [1.29, 1.82) is 0 Å². The summed E-state index contributed by atoms with van der Waals surface area (Å²) < 4.78 is 0. The third-order valence-corrected chi connectivity index (χ3v) is 3.79. The monoisotopic (exact) mass is 230 g/mol. The average molecular weight is 230 g/mol. The average Bonchev–Trinajstić information content (AvgIpc) is 2.82. The summed E-state index contributed by atoms with van der Waals surface area (Å²) >= 11 is 0. The van der Waals surface area contributed by atoms with Gasteiger partial charge in [0.05, 0.1) is 5.69 Å². The van der Waals surface area contributed by atoms with Gasteiger partial charge < -0.3 is 10.7 Å². The lowest BCUT2D eigenvalue weighted by atomic mass is 9.85. The van der Waals surface area contributed by atoms with Gasteiger partial charge in [0.15, 0.2) is 0 Å². The summed E-state index contributed by atoms with van der Waals surface area (Å²) in [6.45, 7) is 0.549. The van der Waals surface area contributed by atoms with E-state index in [-0.39, 0.29) is 0 Å². The van der Waals surface area contributed by atoms with Crippen LogP contribution >= 0.6 is 0 Å². The van der Waals surface area contributed by atoms with Crippen LogP contribution in [0.2, 0.25) is 0 Å². The van der Waals surface area contributed by atoms with E-state index in [1.807, 2.05) is 6.20 Å². The van der Waals surface area contributed by atoms with Gasteiger partial charge >= 0.3 is 0 Å². The Labute approximate surface area is 101 Å². The van der Waals surface area contributed by atoms with Crippen LogP contribution in [0.15, 0.2) is 12.5 Å². The number of aromatic amines is 1. The van der Waals surface area contributed by atoms with Crippen LogP contribution in [0.1, 0.15) is 49.3 Å². The van der Waals surface area contributed by atoms with Crippen molar-refractivity contribution in [3.63, 3.8) is 0 Å². The fourth-order valence-corrected chi connectivity index (χ4v) is 2.90. The van der Waals surface area contributed by atoms with Crippen LogP contribution in [0.3, 0.4) is 0 Å². The Morgan fingerprint density at radius 1 is 1.24 bits per heavy atom. The number of H-pyrrole nitrogens is 1. The first kappa shape index (κ1) is 10.7. The summed E-state index contributed by atoms with van der Waals surface area (Å²) in [5.74, 6) is 0.593. The molecule has 0 aromatic carbocycles. The highest BCUT2D eigenvalue weighted by Gasteiger charge is 2.21. The molecule has 90 valence electrons. The lowest BCUT2D eigenvalue weighted by Gasteiger charge is -2.21. The minimum absolute atomic E-state index is 0.549. The normalized spacial score (nSPS) is 17.7.